The minimum atomic E-state index is -2.95. The van der Waals surface area contributed by atoms with Gasteiger partial charge in [0.2, 0.25) is 5.95 Å². The first-order valence-electron chi connectivity index (χ1n) is 9.98. The Hall–Kier alpha value is -3.84. The molecule has 0 amide bonds. The monoisotopic (exact) mass is 478 g/mol. The molecule has 0 bridgehead atoms. The summed E-state index contributed by atoms with van der Waals surface area (Å²) in [5.41, 5.74) is 0.892. The molecule has 3 aromatic rings. The van der Waals surface area contributed by atoms with E-state index in [-0.39, 0.29) is 23.1 Å². The molecule has 1 saturated heterocycles. The summed E-state index contributed by atoms with van der Waals surface area (Å²) in [6.07, 6.45) is 1.56. The SMILES string of the molecule is CO.O=Cc1nnc(Nc2nc(N3CCOCC3)ncc2F)cc1-c1ccc(OC(F)F)cc1. The summed E-state index contributed by atoms with van der Waals surface area (Å²) in [7, 11) is 1.00. The molecule has 13 heteroatoms. The number of halogens is 3. The van der Waals surface area contributed by atoms with Crippen LogP contribution in [0.4, 0.5) is 30.8 Å². The first-order valence-corrected chi connectivity index (χ1v) is 9.98. The van der Waals surface area contributed by atoms with Gasteiger partial charge in [-0.05, 0) is 23.8 Å². The van der Waals surface area contributed by atoms with E-state index in [0.29, 0.717) is 49.7 Å². The molecule has 3 heterocycles. The second-order valence-corrected chi connectivity index (χ2v) is 6.64. The summed E-state index contributed by atoms with van der Waals surface area (Å²) in [6, 6.07) is 7.14. The Balaban J connectivity index is 0.00000158. The van der Waals surface area contributed by atoms with Crippen molar-refractivity contribution < 1.29 is 32.5 Å². The lowest BCUT2D eigenvalue weighted by Crippen LogP contribution is -2.37. The average Bonchev–Trinajstić information content (AvgIpc) is 2.87. The van der Waals surface area contributed by atoms with E-state index in [2.05, 4.69) is 30.2 Å². The van der Waals surface area contributed by atoms with Gasteiger partial charge in [0.1, 0.15) is 11.4 Å². The maximum Gasteiger partial charge on any atom is 0.387 e. The topological polar surface area (TPSA) is 123 Å². The number of alkyl halides is 2. The number of aromatic nitrogens is 4. The third-order valence-corrected chi connectivity index (χ3v) is 4.60. The quantitative estimate of drug-likeness (QED) is 0.490. The molecule has 34 heavy (non-hydrogen) atoms. The normalized spacial score (nSPS) is 13.2. The van der Waals surface area contributed by atoms with E-state index < -0.39 is 12.4 Å². The van der Waals surface area contributed by atoms with Crippen LogP contribution in [-0.2, 0) is 4.74 Å². The molecule has 0 saturated carbocycles. The Bertz CT molecular complexity index is 1100. The number of aliphatic hydroxyl groups is 1. The Morgan fingerprint density at radius 1 is 1.18 bits per heavy atom. The molecule has 0 atom stereocenters. The van der Waals surface area contributed by atoms with Crippen molar-refractivity contribution in [2.75, 3.05) is 43.6 Å². The highest BCUT2D eigenvalue weighted by Gasteiger charge is 2.17. The van der Waals surface area contributed by atoms with Gasteiger partial charge >= 0.3 is 6.61 Å². The van der Waals surface area contributed by atoms with Crippen LogP contribution in [-0.4, -0.2) is 71.6 Å². The number of aldehydes is 1. The Morgan fingerprint density at radius 3 is 2.53 bits per heavy atom. The number of nitrogens with zero attached hydrogens (tertiary/aromatic N) is 5. The molecule has 0 aliphatic carbocycles. The van der Waals surface area contributed by atoms with Gasteiger partial charge in [-0.1, -0.05) is 12.1 Å². The zero-order valence-electron chi connectivity index (χ0n) is 18.0. The summed E-state index contributed by atoms with van der Waals surface area (Å²) >= 11 is 0. The largest absolute Gasteiger partial charge is 0.435 e. The summed E-state index contributed by atoms with van der Waals surface area (Å²) in [5.74, 6) is -0.372. The van der Waals surface area contributed by atoms with E-state index in [0.717, 1.165) is 13.3 Å². The van der Waals surface area contributed by atoms with Crippen molar-refractivity contribution in [2.45, 2.75) is 6.61 Å². The fourth-order valence-corrected chi connectivity index (χ4v) is 3.08. The molecule has 2 N–H and O–H groups in total. The lowest BCUT2D eigenvalue weighted by molar-refractivity contribution is -0.0498. The van der Waals surface area contributed by atoms with Gasteiger partial charge in [0, 0.05) is 25.8 Å². The van der Waals surface area contributed by atoms with Crippen LogP contribution in [0.3, 0.4) is 0 Å². The van der Waals surface area contributed by atoms with Crippen LogP contribution in [0.15, 0.2) is 36.5 Å². The van der Waals surface area contributed by atoms with Crippen LogP contribution in [0, 0.1) is 5.82 Å². The number of morpholine rings is 1. The van der Waals surface area contributed by atoms with Crippen LogP contribution >= 0.6 is 0 Å². The van der Waals surface area contributed by atoms with E-state index in [4.69, 9.17) is 9.84 Å². The molecule has 1 aliphatic rings. The number of nitrogens with one attached hydrogen (secondary N) is 1. The van der Waals surface area contributed by atoms with Gasteiger partial charge in [-0.25, -0.2) is 9.37 Å². The molecular weight excluding hydrogens is 457 g/mol. The number of aliphatic hydroxyl groups excluding tert-OH is 1. The third kappa shape index (κ3) is 6.14. The highest BCUT2D eigenvalue weighted by atomic mass is 19.3. The number of carbonyl (C=O) groups is 1. The smallest absolute Gasteiger partial charge is 0.387 e. The highest BCUT2D eigenvalue weighted by Crippen LogP contribution is 2.28. The van der Waals surface area contributed by atoms with E-state index in [1.807, 2.05) is 4.90 Å². The second-order valence-electron chi connectivity index (χ2n) is 6.64. The zero-order chi connectivity index (χ0) is 24.5. The lowest BCUT2D eigenvalue weighted by atomic mass is 10.0. The second kappa shape index (κ2) is 11.9. The molecule has 0 radical (unpaired) electrons. The number of ether oxygens (including phenoxy) is 2. The zero-order valence-corrected chi connectivity index (χ0v) is 18.0. The van der Waals surface area contributed by atoms with Gasteiger partial charge in [0.25, 0.3) is 0 Å². The van der Waals surface area contributed by atoms with E-state index in [1.165, 1.54) is 30.3 Å². The number of anilines is 3. The third-order valence-electron chi connectivity index (χ3n) is 4.60. The molecular formula is C21H21F3N6O4. The Morgan fingerprint density at radius 2 is 1.88 bits per heavy atom. The lowest BCUT2D eigenvalue weighted by Gasteiger charge is -2.26. The summed E-state index contributed by atoms with van der Waals surface area (Å²) in [4.78, 5) is 21.5. The first-order chi connectivity index (χ1) is 16.5. The van der Waals surface area contributed by atoms with Crippen molar-refractivity contribution in [3.63, 3.8) is 0 Å². The van der Waals surface area contributed by atoms with Crippen molar-refractivity contribution in [1.29, 1.82) is 0 Å². The van der Waals surface area contributed by atoms with Gasteiger partial charge in [-0.2, -0.15) is 13.8 Å². The fourth-order valence-electron chi connectivity index (χ4n) is 3.08. The number of carbonyl (C=O) groups excluding carboxylic acids is 1. The molecule has 1 aromatic carbocycles. The molecule has 1 fully saturated rings. The molecule has 1 aliphatic heterocycles. The van der Waals surface area contributed by atoms with Crippen molar-refractivity contribution >= 4 is 23.9 Å². The highest BCUT2D eigenvalue weighted by molar-refractivity contribution is 5.86. The fraction of sp³-hybridized carbons (Fsp3) is 0.286. The number of benzene rings is 1. The van der Waals surface area contributed by atoms with Crippen molar-refractivity contribution in [3.8, 4) is 16.9 Å². The summed E-state index contributed by atoms with van der Waals surface area (Å²) < 4.78 is 48.7. The van der Waals surface area contributed by atoms with E-state index in [9.17, 15) is 18.0 Å². The van der Waals surface area contributed by atoms with Gasteiger partial charge in [0.05, 0.1) is 19.4 Å². The van der Waals surface area contributed by atoms with Crippen molar-refractivity contribution in [2.24, 2.45) is 0 Å². The predicted molar refractivity (Wildman–Crippen MR) is 116 cm³/mol. The Labute approximate surface area is 192 Å². The summed E-state index contributed by atoms with van der Waals surface area (Å²) in [6.45, 7) is -0.753. The van der Waals surface area contributed by atoms with Crippen LogP contribution < -0.4 is 15.0 Å². The van der Waals surface area contributed by atoms with Crippen LogP contribution in [0.2, 0.25) is 0 Å². The minimum absolute atomic E-state index is 0.0234. The number of hydrogen-bond donors (Lipinski definition) is 2. The van der Waals surface area contributed by atoms with Crippen molar-refractivity contribution in [1.82, 2.24) is 20.2 Å². The maximum absolute atomic E-state index is 14.3. The van der Waals surface area contributed by atoms with Crippen molar-refractivity contribution in [3.05, 3.63) is 48.0 Å². The van der Waals surface area contributed by atoms with Crippen LogP contribution in [0.25, 0.3) is 11.1 Å². The molecule has 0 spiro atoms. The van der Waals surface area contributed by atoms with Gasteiger partial charge in [0.15, 0.2) is 23.7 Å². The maximum atomic E-state index is 14.3. The van der Waals surface area contributed by atoms with Gasteiger partial charge in [-0.15, -0.1) is 10.2 Å². The summed E-state index contributed by atoms with van der Waals surface area (Å²) in [5, 5.41) is 17.5. The average molecular weight is 478 g/mol. The van der Waals surface area contributed by atoms with Gasteiger partial charge < -0.3 is 24.8 Å². The number of rotatable bonds is 7. The molecule has 4 rings (SSSR count). The molecule has 2 aromatic heterocycles. The van der Waals surface area contributed by atoms with Crippen LogP contribution in [0.5, 0.6) is 5.75 Å². The van der Waals surface area contributed by atoms with E-state index in [1.54, 1.807) is 0 Å². The van der Waals surface area contributed by atoms with E-state index >= 15 is 0 Å². The predicted octanol–water partition coefficient (Wildman–Crippen LogP) is 2.68. The molecule has 0 unspecified atom stereocenters. The first kappa shape index (κ1) is 24.8. The standard InChI is InChI=1S/C20H17F3N6O3.CH4O/c21-15-10-24-20(29-5-7-31-8-6-29)26-18(15)25-17-9-14(16(11-30)27-28-17)12-1-3-13(4-2-12)32-19(22)23;1-2/h1-4,9-11,19H,5-8H2,(H,24,25,26,28);2H,1H3. The number of hydrogen-bond acceptors (Lipinski definition) is 10. The van der Waals surface area contributed by atoms with Crippen LogP contribution in [0.1, 0.15) is 10.5 Å². The van der Waals surface area contributed by atoms with Gasteiger partial charge in [-0.3, -0.25) is 4.79 Å². The minimum Gasteiger partial charge on any atom is -0.435 e. The molecule has 180 valence electrons. The Kier molecular flexibility index (Phi) is 8.65. The molecule has 10 nitrogen and oxygen atoms in total.